The Hall–Kier alpha value is -0.630. The standard InChI is InChI=1S/C9H13NO/c11-9-5-1-4-8-7(9)3-2-6-10-8/h1,4,7-8,10H,2-3,5-6H2. The molecule has 1 N–H and O–H groups in total. The molecule has 0 bridgehead atoms. The van der Waals surface area contributed by atoms with Gasteiger partial charge in [-0.25, -0.2) is 0 Å². The monoisotopic (exact) mass is 151 g/mol. The van der Waals surface area contributed by atoms with E-state index in [9.17, 15) is 4.79 Å². The van der Waals surface area contributed by atoms with Gasteiger partial charge in [0.2, 0.25) is 0 Å². The van der Waals surface area contributed by atoms with Crippen LogP contribution in [0.15, 0.2) is 12.2 Å². The Balaban J connectivity index is 2.15. The molecule has 2 heteroatoms. The second-order valence-electron chi connectivity index (χ2n) is 3.33. The van der Waals surface area contributed by atoms with Crippen molar-refractivity contribution in [1.29, 1.82) is 0 Å². The van der Waals surface area contributed by atoms with Crippen molar-refractivity contribution in [2.75, 3.05) is 6.54 Å². The van der Waals surface area contributed by atoms with E-state index in [2.05, 4.69) is 11.4 Å². The van der Waals surface area contributed by atoms with Crippen LogP contribution in [0.3, 0.4) is 0 Å². The quantitative estimate of drug-likeness (QED) is 0.521. The van der Waals surface area contributed by atoms with Gasteiger partial charge >= 0.3 is 0 Å². The van der Waals surface area contributed by atoms with Crippen LogP contribution in [0, 0.1) is 5.92 Å². The summed E-state index contributed by atoms with van der Waals surface area (Å²) in [7, 11) is 0. The predicted octanol–water partition coefficient (Wildman–Crippen LogP) is 0.884. The summed E-state index contributed by atoms with van der Waals surface area (Å²) in [6, 6.07) is 0.352. The summed E-state index contributed by atoms with van der Waals surface area (Å²) in [6.07, 6.45) is 7.03. The molecule has 1 fully saturated rings. The molecular weight excluding hydrogens is 138 g/mol. The lowest BCUT2D eigenvalue weighted by Gasteiger charge is -2.31. The third-order valence-electron chi connectivity index (χ3n) is 2.58. The third-order valence-corrected chi connectivity index (χ3v) is 2.58. The van der Waals surface area contributed by atoms with Crippen LogP contribution >= 0.6 is 0 Å². The molecule has 11 heavy (non-hydrogen) atoms. The van der Waals surface area contributed by atoms with Gasteiger partial charge in [-0.2, -0.15) is 0 Å². The zero-order chi connectivity index (χ0) is 7.68. The molecule has 0 aromatic carbocycles. The van der Waals surface area contributed by atoms with E-state index < -0.39 is 0 Å². The van der Waals surface area contributed by atoms with E-state index in [0.717, 1.165) is 19.4 Å². The molecule has 0 aromatic rings. The first-order valence-electron chi connectivity index (χ1n) is 4.31. The van der Waals surface area contributed by atoms with Crippen molar-refractivity contribution in [2.45, 2.75) is 25.3 Å². The van der Waals surface area contributed by atoms with Crippen molar-refractivity contribution in [1.82, 2.24) is 5.32 Å². The Labute approximate surface area is 66.7 Å². The number of fused-ring (bicyclic) bond motifs is 1. The van der Waals surface area contributed by atoms with Crippen LogP contribution in [0.1, 0.15) is 19.3 Å². The van der Waals surface area contributed by atoms with Crippen molar-refractivity contribution < 1.29 is 4.79 Å². The van der Waals surface area contributed by atoms with E-state index in [1.54, 1.807) is 0 Å². The minimum atomic E-state index is 0.286. The summed E-state index contributed by atoms with van der Waals surface area (Å²) >= 11 is 0. The molecule has 2 rings (SSSR count). The lowest BCUT2D eigenvalue weighted by atomic mass is 9.82. The average Bonchev–Trinajstić information content (AvgIpc) is 2.06. The van der Waals surface area contributed by atoms with Gasteiger partial charge in [-0.1, -0.05) is 12.2 Å². The van der Waals surface area contributed by atoms with E-state index >= 15 is 0 Å². The number of allylic oxidation sites excluding steroid dienone is 1. The van der Waals surface area contributed by atoms with E-state index in [4.69, 9.17) is 0 Å². The molecule has 2 atom stereocenters. The third kappa shape index (κ3) is 1.23. The molecule has 2 unspecified atom stereocenters. The van der Waals surface area contributed by atoms with Crippen LogP contribution in [0.25, 0.3) is 0 Å². The van der Waals surface area contributed by atoms with Crippen LogP contribution in [-0.4, -0.2) is 18.4 Å². The van der Waals surface area contributed by atoms with Crippen molar-refractivity contribution in [3.63, 3.8) is 0 Å². The van der Waals surface area contributed by atoms with Crippen LogP contribution in [-0.2, 0) is 4.79 Å². The van der Waals surface area contributed by atoms with E-state index in [1.807, 2.05) is 6.08 Å². The molecule has 60 valence electrons. The van der Waals surface area contributed by atoms with Gasteiger partial charge in [-0.15, -0.1) is 0 Å². The van der Waals surface area contributed by atoms with Gasteiger partial charge < -0.3 is 5.32 Å². The fourth-order valence-electron chi connectivity index (χ4n) is 1.96. The SMILES string of the molecule is O=C1CC=CC2NCCCC12. The molecule has 0 aromatic heterocycles. The van der Waals surface area contributed by atoms with Crippen LogP contribution in [0.5, 0.6) is 0 Å². The molecular formula is C9H13NO. The Morgan fingerprint density at radius 1 is 1.55 bits per heavy atom. The van der Waals surface area contributed by atoms with Gasteiger partial charge in [0.05, 0.1) is 0 Å². The van der Waals surface area contributed by atoms with E-state index in [0.29, 0.717) is 18.2 Å². The van der Waals surface area contributed by atoms with Crippen molar-refractivity contribution in [3.05, 3.63) is 12.2 Å². The Morgan fingerprint density at radius 3 is 3.27 bits per heavy atom. The highest BCUT2D eigenvalue weighted by atomic mass is 16.1. The van der Waals surface area contributed by atoms with Crippen molar-refractivity contribution >= 4 is 5.78 Å². The number of Topliss-reactive ketones (excluding diaryl/α,β-unsaturated/α-hetero) is 1. The smallest absolute Gasteiger partial charge is 0.141 e. The van der Waals surface area contributed by atoms with Gasteiger partial charge in [-0.05, 0) is 19.4 Å². The first kappa shape index (κ1) is 7.04. The predicted molar refractivity (Wildman–Crippen MR) is 43.3 cm³/mol. The minimum Gasteiger partial charge on any atom is -0.310 e. The summed E-state index contributed by atoms with van der Waals surface area (Å²) in [4.78, 5) is 11.3. The lowest BCUT2D eigenvalue weighted by Crippen LogP contribution is -2.44. The largest absolute Gasteiger partial charge is 0.310 e. The van der Waals surface area contributed by atoms with Gasteiger partial charge in [-0.3, -0.25) is 4.79 Å². The molecule has 1 heterocycles. The molecule has 1 aliphatic heterocycles. The number of hydrogen-bond acceptors (Lipinski definition) is 2. The number of carbonyl (C=O) groups is 1. The maximum Gasteiger partial charge on any atom is 0.141 e. The summed E-state index contributed by atoms with van der Waals surface area (Å²) in [5.74, 6) is 0.707. The summed E-state index contributed by atoms with van der Waals surface area (Å²) in [6.45, 7) is 1.07. The summed E-state index contributed by atoms with van der Waals surface area (Å²) in [5.41, 5.74) is 0. The second kappa shape index (κ2) is 2.78. The number of nitrogens with one attached hydrogen (secondary N) is 1. The van der Waals surface area contributed by atoms with Crippen molar-refractivity contribution in [2.24, 2.45) is 5.92 Å². The zero-order valence-corrected chi connectivity index (χ0v) is 6.55. The highest BCUT2D eigenvalue weighted by Gasteiger charge is 2.30. The highest BCUT2D eigenvalue weighted by Crippen LogP contribution is 2.23. The molecule has 0 spiro atoms. The lowest BCUT2D eigenvalue weighted by molar-refractivity contribution is -0.123. The molecule has 2 aliphatic rings. The van der Waals surface area contributed by atoms with Crippen LogP contribution in [0.2, 0.25) is 0 Å². The van der Waals surface area contributed by atoms with Crippen LogP contribution in [0.4, 0.5) is 0 Å². The topological polar surface area (TPSA) is 29.1 Å². The summed E-state index contributed by atoms with van der Waals surface area (Å²) < 4.78 is 0. The van der Waals surface area contributed by atoms with Crippen molar-refractivity contribution in [3.8, 4) is 0 Å². The molecule has 0 amide bonds. The van der Waals surface area contributed by atoms with Gasteiger partial charge in [0.15, 0.2) is 0 Å². The Kier molecular flexibility index (Phi) is 1.78. The molecule has 0 radical (unpaired) electrons. The maximum atomic E-state index is 11.3. The van der Waals surface area contributed by atoms with E-state index in [-0.39, 0.29) is 5.92 Å². The Morgan fingerprint density at radius 2 is 2.45 bits per heavy atom. The normalized spacial score (nSPS) is 36.9. The first-order chi connectivity index (χ1) is 5.38. The number of hydrogen-bond donors (Lipinski definition) is 1. The fourth-order valence-corrected chi connectivity index (χ4v) is 1.96. The number of carbonyl (C=O) groups excluding carboxylic acids is 1. The number of ketones is 1. The Bertz CT molecular complexity index is 198. The molecule has 0 saturated carbocycles. The van der Waals surface area contributed by atoms with Gasteiger partial charge in [0, 0.05) is 18.4 Å². The first-order valence-corrected chi connectivity index (χ1v) is 4.31. The fraction of sp³-hybridized carbons (Fsp3) is 0.667. The van der Waals surface area contributed by atoms with Gasteiger partial charge in [0.25, 0.3) is 0 Å². The van der Waals surface area contributed by atoms with Crippen LogP contribution < -0.4 is 5.32 Å². The second-order valence-corrected chi connectivity index (χ2v) is 3.33. The number of piperidine rings is 1. The zero-order valence-electron chi connectivity index (χ0n) is 6.55. The van der Waals surface area contributed by atoms with Gasteiger partial charge in [0.1, 0.15) is 5.78 Å². The summed E-state index contributed by atoms with van der Waals surface area (Å²) in [5, 5.41) is 3.34. The average molecular weight is 151 g/mol. The maximum absolute atomic E-state index is 11.3. The molecule has 1 saturated heterocycles. The van der Waals surface area contributed by atoms with E-state index in [1.165, 1.54) is 0 Å². The number of rotatable bonds is 0. The molecule has 2 nitrogen and oxygen atoms in total. The minimum absolute atomic E-state index is 0.286. The highest BCUT2D eigenvalue weighted by molar-refractivity contribution is 5.84. The molecule has 1 aliphatic carbocycles.